The third-order valence-corrected chi connectivity index (χ3v) is 3.83. The summed E-state index contributed by atoms with van der Waals surface area (Å²) in [5, 5.41) is 10.3. The van der Waals surface area contributed by atoms with Crippen LogP contribution in [0.15, 0.2) is 30.5 Å². The molecule has 0 spiro atoms. The van der Waals surface area contributed by atoms with E-state index in [1.807, 2.05) is 25.3 Å². The van der Waals surface area contributed by atoms with Gasteiger partial charge in [0.25, 0.3) is 0 Å². The first-order valence-corrected chi connectivity index (χ1v) is 7.05. The maximum atomic E-state index is 11.9. The number of benzene rings is 1. The number of fused-ring (bicyclic) bond motifs is 1. The summed E-state index contributed by atoms with van der Waals surface area (Å²) in [4.78, 5) is 16.8. The van der Waals surface area contributed by atoms with Gasteiger partial charge in [-0.2, -0.15) is 0 Å². The zero-order valence-electron chi connectivity index (χ0n) is 12.1. The molecule has 0 radical (unpaired) electrons. The molecule has 2 aromatic rings. The molecule has 2 rings (SSSR count). The molecule has 4 nitrogen and oxygen atoms in total. The highest BCUT2D eigenvalue weighted by Gasteiger charge is 2.14. The summed E-state index contributed by atoms with van der Waals surface area (Å²) in [6.07, 6.45) is 4.25. The van der Waals surface area contributed by atoms with Crippen LogP contribution in [0.1, 0.15) is 25.3 Å². The van der Waals surface area contributed by atoms with Gasteiger partial charge in [0.15, 0.2) is 0 Å². The molecule has 1 heterocycles. The summed E-state index contributed by atoms with van der Waals surface area (Å²) in [6, 6.07) is 8.08. The molecule has 20 heavy (non-hydrogen) atoms. The third kappa shape index (κ3) is 3.20. The molecule has 2 N–H and O–H groups in total. The number of amides is 1. The number of para-hydroxylation sites is 1. The lowest BCUT2D eigenvalue weighted by molar-refractivity contribution is -0.132. The van der Waals surface area contributed by atoms with E-state index in [9.17, 15) is 4.79 Å². The fourth-order valence-corrected chi connectivity index (χ4v) is 2.31. The summed E-state index contributed by atoms with van der Waals surface area (Å²) < 4.78 is 0. The second kappa shape index (κ2) is 6.57. The number of nitrogens with one attached hydrogen (secondary N) is 1. The van der Waals surface area contributed by atoms with Crippen LogP contribution in [0.4, 0.5) is 0 Å². The van der Waals surface area contributed by atoms with Crippen molar-refractivity contribution in [1.82, 2.24) is 9.88 Å². The molecule has 1 unspecified atom stereocenters. The van der Waals surface area contributed by atoms with E-state index in [4.69, 9.17) is 5.11 Å². The van der Waals surface area contributed by atoms with E-state index in [1.54, 1.807) is 11.9 Å². The van der Waals surface area contributed by atoms with Gasteiger partial charge < -0.3 is 15.0 Å². The number of nitrogens with zero attached hydrogens (tertiary/aromatic N) is 1. The maximum absolute atomic E-state index is 11.9. The number of carbonyl (C=O) groups excluding carboxylic acids is 1. The van der Waals surface area contributed by atoms with E-state index in [2.05, 4.69) is 17.1 Å². The Bertz CT molecular complexity index is 577. The summed E-state index contributed by atoms with van der Waals surface area (Å²) in [7, 11) is 1.74. The van der Waals surface area contributed by atoms with E-state index < -0.39 is 0 Å². The van der Waals surface area contributed by atoms with Gasteiger partial charge in [-0.25, -0.2) is 0 Å². The van der Waals surface area contributed by atoms with Crippen molar-refractivity contribution in [1.29, 1.82) is 0 Å². The van der Waals surface area contributed by atoms with Gasteiger partial charge in [0.05, 0.1) is 12.6 Å². The number of rotatable bonds is 6. The molecule has 1 aromatic heterocycles. The standard InChI is InChI=1S/C16H22N2O2/c1-12(11-19)18(2)16(20)9-5-6-13-10-17-15-8-4-3-7-14(13)15/h3-4,7-8,10,12,17,19H,5-6,9,11H2,1-2H3. The number of aliphatic hydroxyl groups excluding tert-OH is 1. The summed E-state index contributed by atoms with van der Waals surface area (Å²) in [5.41, 5.74) is 2.39. The molecule has 1 amide bonds. The fraction of sp³-hybridized carbons (Fsp3) is 0.438. The molecule has 0 saturated heterocycles. The number of aromatic amines is 1. The Labute approximate surface area is 119 Å². The summed E-state index contributed by atoms with van der Waals surface area (Å²) in [5.74, 6) is 0.0893. The molecule has 0 saturated carbocycles. The van der Waals surface area contributed by atoms with Gasteiger partial charge >= 0.3 is 0 Å². The highest BCUT2D eigenvalue weighted by Crippen LogP contribution is 2.19. The molecular weight excluding hydrogens is 252 g/mol. The fourth-order valence-electron chi connectivity index (χ4n) is 2.31. The maximum Gasteiger partial charge on any atom is 0.222 e. The molecule has 108 valence electrons. The van der Waals surface area contributed by atoms with Gasteiger partial charge in [0.1, 0.15) is 0 Å². The van der Waals surface area contributed by atoms with Gasteiger partial charge in [0.2, 0.25) is 5.91 Å². The van der Waals surface area contributed by atoms with Gasteiger partial charge in [0, 0.05) is 30.6 Å². The Morgan fingerprint density at radius 1 is 1.40 bits per heavy atom. The van der Waals surface area contributed by atoms with E-state index in [1.165, 1.54) is 10.9 Å². The van der Waals surface area contributed by atoms with E-state index in [0.29, 0.717) is 6.42 Å². The van der Waals surface area contributed by atoms with Crippen LogP contribution in [0.5, 0.6) is 0 Å². The van der Waals surface area contributed by atoms with Crippen LogP contribution in [-0.2, 0) is 11.2 Å². The SMILES string of the molecule is CC(CO)N(C)C(=O)CCCc1c[nH]c2ccccc12. The molecule has 0 aliphatic rings. The van der Waals surface area contributed by atoms with Crippen molar-refractivity contribution >= 4 is 16.8 Å². The average Bonchev–Trinajstić information content (AvgIpc) is 2.89. The zero-order chi connectivity index (χ0) is 14.5. The van der Waals surface area contributed by atoms with Crippen LogP contribution >= 0.6 is 0 Å². The molecule has 0 aliphatic carbocycles. The monoisotopic (exact) mass is 274 g/mol. The first-order valence-electron chi connectivity index (χ1n) is 7.05. The second-order valence-electron chi connectivity index (χ2n) is 5.25. The zero-order valence-corrected chi connectivity index (χ0v) is 12.1. The molecule has 0 bridgehead atoms. The van der Waals surface area contributed by atoms with Crippen LogP contribution in [0.2, 0.25) is 0 Å². The Balaban J connectivity index is 1.88. The Hall–Kier alpha value is -1.81. The largest absolute Gasteiger partial charge is 0.394 e. The van der Waals surface area contributed by atoms with Crippen molar-refractivity contribution in [2.24, 2.45) is 0 Å². The van der Waals surface area contributed by atoms with Gasteiger partial charge in [-0.1, -0.05) is 18.2 Å². The van der Waals surface area contributed by atoms with Gasteiger partial charge in [-0.15, -0.1) is 0 Å². The first kappa shape index (κ1) is 14.6. The lowest BCUT2D eigenvalue weighted by Gasteiger charge is -2.23. The second-order valence-corrected chi connectivity index (χ2v) is 5.25. The summed E-state index contributed by atoms with van der Waals surface area (Å²) in [6.45, 7) is 1.85. The Kier molecular flexibility index (Phi) is 4.79. The minimum absolute atomic E-state index is 0.00465. The molecule has 0 fully saturated rings. The van der Waals surface area contributed by atoms with Crippen molar-refractivity contribution in [2.75, 3.05) is 13.7 Å². The van der Waals surface area contributed by atoms with Crippen molar-refractivity contribution in [3.63, 3.8) is 0 Å². The lowest BCUT2D eigenvalue weighted by Crippen LogP contribution is -2.37. The highest BCUT2D eigenvalue weighted by molar-refractivity contribution is 5.83. The molecule has 4 heteroatoms. The van der Waals surface area contributed by atoms with Crippen LogP contribution in [0.25, 0.3) is 10.9 Å². The first-order chi connectivity index (χ1) is 9.63. The molecule has 0 aliphatic heterocycles. The normalized spacial score (nSPS) is 12.6. The van der Waals surface area contributed by atoms with Crippen molar-refractivity contribution in [2.45, 2.75) is 32.2 Å². The van der Waals surface area contributed by atoms with Crippen molar-refractivity contribution in [3.8, 4) is 0 Å². The quantitative estimate of drug-likeness (QED) is 0.849. The number of aliphatic hydroxyl groups is 1. The number of aromatic nitrogens is 1. The third-order valence-electron chi connectivity index (χ3n) is 3.83. The molecular formula is C16H22N2O2. The predicted octanol–water partition coefficient (Wildman–Crippen LogP) is 2.33. The summed E-state index contributed by atoms with van der Waals surface area (Å²) >= 11 is 0. The number of carbonyl (C=O) groups is 1. The van der Waals surface area contributed by atoms with E-state index in [0.717, 1.165) is 18.4 Å². The molecule has 1 aromatic carbocycles. The Morgan fingerprint density at radius 2 is 2.15 bits per heavy atom. The minimum Gasteiger partial charge on any atom is -0.394 e. The number of H-pyrrole nitrogens is 1. The minimum atomic E-state index is -0.115. The van der Waals surface area contributed by atoms with Crippen LogP contribution in [0.3, 0.4) is 0 Å². The average molecular weight is 274 g/mol. The topological polar surface area (TPSA) is 56.3 Å². The van der Waals surface area contributed by atoms with Crippen molar-refractivity contribution in [3.05, 3.63) is 36.0 Å². The van der Waals surface area contributed by atoms with Gasteiger partial charge in [-0.3, -0.25) is 4.79 Å². The Morgan fingerprint density at radius 3 is 2.90 bits per heavy atom. The predicted molar refractivity (Wildman–Crippen MR) is 80.6 cm³/mol. The highest BCUT2D eigenvalue weighted by atomic mass is 16.3. The van der Waals surface area contributed by atoms with E-state index >= 15 is 0 Å². The van der Waals surface area contributed by atoms with Gasteiger partial charge in [-0.05, 0) is 31.4 Å². The van der Waals surface area contributed by atoms with Crippen LogP contribution in [0, 0.1) is 0 Å². The number of hydrogen-bond acceptors (Lipinski definition) is 2. The number of aryl methyl sites for hydroxylation is 1. The van der Waals surface area contributed by atoms with E-state index in [-0.39, 0.29) is 18.6 Å². The smallest absolute Gasteiger partial charge is 0.222 e. The lowest BCUT2D eigenvalue weighted by atomic mass is 10.1. The molecule has 1 atom stereocenters. The number of likely N-dealkylation sites (N-methyl/N-ethyl adjacent to an activating group) is 1. The van der Waals surface area contributed by atoms with Crippen LogP contribution in [-0.4, -0.2) is 40.6 Å². The van der Waals surface area contributed by atoms with Crippen molar-refractivity contribution < 1.29 is 9.90 Å². The number of hydrogen-bond donors (Lipinski definition) is 2. The van der Waals surface area contributed by atoms with Crippen LogP contribution < -0.4 is 0 Å².